The molecule has 0 aliphatic carbocycles. The van der Waals surface area contributed by atoms with Gasteiger partial charge >= 0.3 is 0 Å². The molecule has 1 amide bonds. The maximum atomic E-state index is 10.2. The molecule has 0 saturated carbocycles. The van der Waals surface area contributed by atoms with Crippen LogP contribution in [0.25, 0.3) is 0 Å². The fourth-order valence-electron chi connectivity index (χ4n) is 0.845. The van der Waals surface area contributed by atoms with Gasteiger partial charge in [-0.3, -0.25) is 5.01 Å². The molecule has 1 aromatic carbocycles. The van der Waals surface area contributed by atoms with Gasteiger partial charge in [-0.15, -0.1) is 0 Å². The van der Waals surface area contributed by atoms with Crippen LogP contribution in [0.2, 0.25) is 0 Å². The van der Waals surface area contributed by atoms with Crippen molar-refractivity contribution in [2.75, 3.05) is 0 Å². The van der Waals surface area contributed by atoms with E-state index in [0.717, 1.165) is 5.56 Å². The number of carboxylic acid groups (broad SMARTS) is 1. The normalized spacial score (nSPS) is 9.42. The molecule has 0 aliphatic heterocycles. The van der Waals surface area contributed by atoms with Gasteiger partial charge < -0.3 is 9.90 Å². The topological polar surface area (TPSA) is 69.4 Å². The molecule has 4 heteroatoms. The number of hydrazine groups is 1. The predicted octanol–water partition coefficient (Wildman–Crippen LogP) is -0.294. The Hall–Kier alpha value is -1.55. The van der Waals surface area contributed by atoms with Crippen molar-refractivity contribution in [3.63, 3.8) is 0 Å². The van der Waals surface area contributed by atoms with Gasteiger partial charge in [0.2, 0.25) is 0 Å². The van der Waals surface area contributed by atoms with Crippen LogP contribution in [0.3, 0.4) is 0 Å². The standard InChI is InChI=1S/C8H10N2O2/c9-10(8(11)12)6-7-4-2-1-3-5-7/h1-5H,6,9H2,(H,11,12)/p-1. The van der Waals surface area contributed by atoms with Crippen LogP contribution < -0.4 is 10.9 Å². The van der Waals surface area contributed by atoms with Gasteiger partial charge in [-0.25, -0.2) is 5.84 Å². The van der Waals surface area contributed by atoms with Crippen LogP contribution in [0.4, 0.5) is 4.79 Å². The van der Waals surface area contributed by atoms with Gasteiger partial charge in [0.05, 0.1) is 6.54 Å². The molecule has 64 valence electrons. The third-order valence-electron chi connectivity index (χ3n) is 1.43. The minimum atomic E-state index is -1.38. The fraction of sp³-hybridized carbons (Fsp3) is 0.125. The molecule has 1 rings (SSSR count). The Morgan fingerprint density at radius 3 is 2.50 bits per heavy atom. The number of carbonyl (C=O) groups excluding carboxylic acids is 1. The van der Waals surface area contributed by atoms with Gasteiger partial charge in [-0.05, 0) is 5.56 Å². The molecule has 0 unspecified atom stereocenters. The Kier molecular flexibility index (Phi) is 2.66. The van der Waals surface area contributed by atoms with E-state index < -0.39 is 6.09 Å². The van der Waals surface area contributed by atoms with Gasteiger partial charge in [0.25, 0.3) is 0 Å². The average molecular weight is 165 g/mol. The summed E-state index contributed by atoms with van der Waals surface area (Å²) in [5.74, 6) is 5.12. The molecule has 2 N–H and O–H groups in total. The van der Waals surface area contributed by atoms with Crippen LogP contribution in [0.5, 0.6) is 0 Å². The van der Waals surface area contributed by atoms with Crippen molar-refractivity contribution < 1.29 is 9.90 Å². The zero-order valence-electron chi connectivity index (χ0n) is 6.43. The number of amides is 1. The van der Waals surface area contributed by atoms with Crippen molar-refractivity contribution in [2.45, 2.75) is 6.54 Å². The molecular weight excluding hydrogens is 156 g/mol. The summed E-state index contributed by atoms with van der Waals surface area (Å²) in [4.78, 5) is 10.2. The molecule has 0 aromatic heterocycles. The number of benzene rings is 1. The molecular formula is C8H9N2O2-. The van der Waals surface area contributed by atoms with E-state index in [2.05, 4.69) is 0 Å². The lowest BCUT2D eigenvalue weighted by Crippen LogP contribution is -2.45. The van der Waals surface area contributed by atoms with E-state index in [9.17, 15) is 9.90 Å². The summed E-state index contributed by atoms with van der Waals surface area (Å²) in [5, 5.41) is 10.8. The van der Waals surface area contributed by atoms with E-state index in [1.165, 1.54) is 0 Å². The van der Waals surface area contributed by atoms with Crippen LogP contribution in [-0.2, 0) is 6.54 Å². The van der Waals surface area contributed by atoms with Crippen molar-refractivity contribution in [3.8, 4) is 0 Å². The molecule has 0 radical (unpaired) electrons. The number of hydrogen-bond donors (Lipinski definition) is 1. The Morgan fingerprint density at radius 1 is 1.42 bits per heavy atom. The minimum absolute atomic E-state index is 0.156. The van der Waals surface area contributed by atoms with E-state index in [1.807, 2.05) is 18.2 Å². The monoisotopic (exact) mass is 165 g/mol. The smallest absolute Gasteiger partial charge is 0.152 e. The minimum Gasteiger partial charge on any atom is -0.529 e. The summed E-state index contributed by atoms with van der Waals surface area (Å²) in [7, 11) is 0. The number of nitrogens with two attached hydrogens (primary N) is 1. The van der Waals surface area contributed by atoms with Crippen LogP contribution in [0.1, 0.15) is 5.56 Å². The molecule has 12 heavy (non-hydrogen) atoms. The largest absolute Gasteiger partial charge is 0.529 e. The van der Waals surface area contributed by atoms with Gasteiger partial charge in [0.15, 0.2) is 6.09 Å². The number of rotatable bonds is 2. The van der Waals surface area contributed by atoms with Crippen LogP contribution in [0, 0.1) is 0 Å². The van der Waals surface area contributed by atoms with Crippen LogP contribution in [0.15, 0.2) is 30.3 Å². The van der Waals surface area contributed by atoms with Gasteiger partial charge in [-0.1, -0.05) is 30.3 Å². The first-order valence-corrected chi connectivity index (χ1v) is 3.47. The highest BCUT2D eigenvalue weighted by Gasteiger charge is 1.97. The predicted molar refractivity (Wildman–Crippen MR) is 41.6 cm³/mol. The van der Waals surface area contributed by atoms with E-state index in [4.69, 9.17) is 5.84 Å². The molecule has 0 heterocycles. The molecule has 0 bridgehead atoms. The van der Waals surface area contributed by atoms with Crippen molar-refractivity contribution in [2.24, 2.45) is 5.84 Å². The summed E-state index contributed by atoms with van der Waals surface area (Å²) in [5.41, 5.74) is 0.837. The zero-order valence-corrected chi connectivity index (χ0v) is 6.43. The van der Waals surface area contributed by atoms with Gasteiger partial charge in [-0.2, -0.15) is 0 Å². The van der Waals surface area contributed by atoms with E-state index in [1.54, 1.807) is 12.1 Å². The summed E-state index contributed by atoms with van der Waals surface area (Å²) in [6.45, 7) is 0.156. The van der Waals surface area contributed by atoms with Crippen molar-refractivity contribution in [3.05, 3.63) is 35.9 Å². The molecule has 0 atom stereocenters. The first-order valence-electron chi connectivity index (χ1n) is 3.47. The third kappa shape index (κ3) is 2.25. The molecule has 0 saturated heterocycles. The fourth-order valence-corrected chi connectivity index (χ4v) is 0.845. The Morgan fingerprint density at radius 2 is 2.00 bits per heavy atom. The molecule has 1 aromatic rings. The summed E-state index contributed by atoms with van der Waals surface area (Å²) >= 11 is 0. The molecule has 0 spiro atoms. The van der Waals surface area contributed by atoms with Crippen molar-refractivity contribution in [1.29, 1.82) is 0 Å². The van der Waals surface area contributed by atoms with Gasteiger partial charge in [0, 0.05) is 0 Å². The first-order chi connectivity index (χ1) is 5.70. The highest BCUT2D eigenvalue weighted by atomic mass is 16.4. The molecule has 0 fully saturated rings. The third-order valence-corrected chi connectivity index (χ3v) is 1.43. The second-order valence-electron chi connectivity index (χ2n) is 2.38. The summed E-state index contributed by atoms with van der Waals surface area (Å²) in [6, 6.07) is 9.08. The lowest BCUT2D eigenvalue weighted by Gasteiger charge is -2.18. The molecule has 4 nitrogen and oxygen atoms in total. The highest BCUT2D eigenvalue weighted by Crippen LogP contribution is 2.00. The zero-order chi connectivity index (χ0) is 8.97. The Bertz CT molecular complexity index is 261. The molecule has 0 aliphatic rings. The number of nitrogens with zero attached hydrogens (tertiary/aromatic N) is 1. The van der Waals surface area contributed by atoms with E-state index >= 15 is 0 Å². The highest BCUT2D eigenvalue weighted by molar-refractivity contribution is 5.61. The Labute approximate surface area is 70.2 Å². The van der Waals surface area contributed by atoms with E-state index in [-0.39, 0.29) is 6.54 Å². The van der Waals surface area contributed by atoms with Crippen LogP contribution in [-0.4, -0.2) is 11.1 Å². The van der Waals surface area contributed by atoms with Crippen molar-refractivity contribution >= 4 is 6.09 Å². The second-order valence-corrected chi connectivity index (χ2v) is 2.38. The first kappa shape index (κ1) is 8.55. The van der Waals surface area contributed by atoms with E-state index in [0.29, 0.717) is 5.01 Å². The summed E-state index contributed by atoms with van der Waals surface area (Å²) in [6.07, 6.45) is -1.38. The Balaban J connectivity index is 2.58. The van der Waals surface area contributed by atoms with Crippen LogP contribution >= 0.6 is 0 Å². The number of hydrogen-bond acceptors (Lipinski definition) is 3. The van der Waals surface area contributed by atoms with Crippen molar-refractivity contribution in [1.82, 2.24) is 5.01 Å². The average Bonchev–Trinajstić information content (AvgIpc) is 2.06. The quantitative estimate of drug-likeness (QED) is 0.372. The summed E-state index contributed by atoms with van der Waals surface area (Å²) < 4.78 is 0. The number of carbonyl (C=O) groups is 1. The maximum absolute atomic E-state index is 10.2. The second kappa shape index (κ2) is 3.73. The lowest BCUT2D eigenvalue weighted by atomic mass is 10.2. The maximum Gasteiger partial charge on any atom is 0.152 e. The van der Waals surface area contributed by atoms with Gasteiger partial charge in [0.1, 0.15) is 0 Å². The SMILES string of the molecule is NN(Cc1ccccc1)C(=O)[O-]. The lowest BCUT2D eigenvalue weighted by molar-refractivity contribution is -0.266.